The highest BCUT2D eigenvalue weighted by molar-refractivity contribution is 6.51. The van der Waals surface area contributed by atoms with Crippen LogP contribution in [0.2, 0.25) is 0 Å². The molecule has 8 heteroatoms. The second-order valence-electron chi connectivity index (χ2n) is 9.94. The summed E-state index contributed by atoms with van der Waals surface area (Å²) in [5.41, 5.74) is 3.47. The zero-order chi connectivity index (χ0) is 29.8. The molecule has 0 saturated carbocycles. The van der Waals surface area contributed by atoms with E-state index in [9.17, 15) is 24.6 Å². The molecule has 1 aliphatic rings. The van der Waals surface area contributed by atoms with E-state index in [0.29, 0.717) is 34.7 Å². The van der Waals surface area contributed by atoms with E-state index >= 15 is 0 Å². The zero-order valence-electron chi connectivity index (χ0n) is 23.1. The molecule has 2 N–H and O–H groups in total. The standard InChI is InChI=1S/C34H29NO7/c1-21-17-25(13-16-28(21)42-20-23-7-4-3-5-8-23)32(38)30-31(24-9-6-10-27(36)19-24)35(34(40)33(30)39)26-14-11-22(12-15-26)18-29(37)41-2/h3-17,19,31,36,38H,18,20H2,1-2H3/b32-30-. The van der Waals surface area contributed by atoms with Gasteiger partial charge in [0.1, 0.15) is 23.9 Å². The predicted molar refractivity (Wildman–Crippen MR) is 157 cm³/mol. The van der Waals surface area contributed by atoms with Gasteiger partial charge < -0.3 is 19.7 Å². The lowest BCUT2D eigenvalue weighted by Gasteiger charge is -2.25. The van der Waals surface area contributed by atoms with E-state index in [4.69, 9.17) is 9.47 Å². The highest BCUT2D eigenvalue weighted by Gasteiger charge is 2.47. The minimum absolute atomic E-state index is 0.0516. The van der Waals surface area contributed by atoms with Crippen molar-refractivity contribution in [3.8, 4) is 11.5 Å². The normalized spacial score (nSPS) is 16.0. The highest BCUT2D eigenvalue weighted by atomic mass is 16.5. The monoisotopic (exact) mass is 563 g/mol. The molecule has 1 unspecified atom stereocenters. The molecule has 42 heavy (non-hydrogen) atoms. The minimum atomic E-state index is -1.02. The number of Topliss-reactive ketones (excluding diaryl/α,β-unsaturated/α-hetero) is 1. The van der Waals surface area contributed by atoms with Gasteiger partial charge in [-0.05, 0) is 71.6 Å². The molecule has 1 atom stereocenters. The summed E-state index contributed by atoms with van der Waals surface area (Å²) in [4.78, 5) is 39.9. The lowest BCUT2D eigenvalue weighted by Crippen LogP contribution is -2.29. The van der Waals surface area contributed by atoms with E-state index < -0.39 is 23.7 Å². The predicted octanol–water partition coefficient (Wildman–Crippen LogP) is 5.62. The number of hydrogen-bond donors (Lipinski definition) is 2. The van der Waals surface area contributed by atoms with Gasteiger partial charge in [0, 0.05) is 11.3 Å². The van der Waals surface area contributed by atoms with Crippen molar-refractivity contribution in [2.24, 2.45) is 0 Å². The number of phenols is 1. The van der Waals surface area contributed by atoms with Crippen LogP contribution in [-0.4, -0.2) is 35.0 Å². The Morgan fingerprint density at radius 2 is 1.62 bits per heavy atom. The van der Waals surface area contributed by atoms with Crippen LogP contribution in [0.25, 0.3) is 5.76 Å². The number of anilines is 1. The summed E-state index contributed by atoms with van der Waals surface area (Å²) in [6.07, 6.45) is 0.0516. The zero-order valence-corrected chi connectivity index (χ0v) is 23.1. The lowest BCUT2D eigenvalue weighted by molar-refractivity contribution is -0.139. The van der Waals surface area contributed by atoms with E-state index in [1.807, 2.05) is 37.3 Å². The van der Waals surface area contributed by atoms with Crippen molar-refractivity contribution in [2.75, 3.05) is 12.0 Å². The van der Waals surface area contributed by atoms with Gasteiger partial charge in [-0.3, -0.25) is 19.3 Å². The van der Waals surface area contributed by atoms with Crippen molar-refractivity contribution in [1.29, 1.82) is 0 Å². The van der Waals surface area contributed by atoms with Gasteiger partial charge in [0.25, 0.3) is 11.7 Å². The van der Waals surface area contributed by atoms with Gasteiger partial charge in [-0.25, -0.2) is 0 Å². The SMILES string of the molecule is COC(=O)Cc1ccc(N2C(=O)C(=O)/C(=C(\O)c3ccc(OCc4ccccc4)c(C)c3)C2c2cccc(O)c2)cc1. The molecule has 8 nitrogen and oxygen atoms in total. The molecule has 0 spiro atoms. The van der Waals surface area contributed by atoms with Crippen LogP contribution in [0.15, 0.2) is 103 Å². The highest BCUT2D eigenvalue weighted by Crippen LogP contribution is 2.43. The maximum atomic E-state index is 13.5. The quantitative estimate of drug-likeness (QED) is 0.124. The fourth-order valence-electron chi connectivity index (χ4n) is 4.97. The Labute approximate surface area is 243 Å². The first-order valence-electron chi connectivity index (χ1n) is 13.3. The molecule has 0 radical (unpaired) electrons. The first-order chi connectivity index (χ1) is 20.3. The Morgan fingerprint density at radius 3 is 2.29 bits per heavy atom. The van der Waals surface area contributed by atoms with Crippen LogP contribution >= 0.6 is 0 Å². The summed E-state index contributed by atoms with van der Waals surface area (Å²) in [6.45, 7) is 2.20. The first kappa shape index (κ1) is 28.2. The Kier molecular flexibility index (Phi) is 8.06. The number of benzene rings is 4. The molecule has 5 rings (SSSR count). The van der Waals surface area contributed by atoms with E-state index in [1.54, 1.807) is 54.6 Å². The number of carbonyl (C=O) groups excluding carboxylic acids is 3. The number of esters is 1. The number of aliphatic hydroxyl groups excluding tert-OH is 1. The molecule has 1 fully saturated rings. The fraction of sp³-hybridized carbons (Fsp3) is 0.147. The molecule has 4 aromatic rings. The number of aliphatic hydroxyl groups is 1. The molecule has 0 bridgehead atoms. The number of aryl methyl sites for hydroxylation is 1. The van der Waals surface area contributed by atoms with Gasteiger partial charge >= 0.3 is 5.97 Å². The van der Waals surface area contributed by atoms with Crippen molar-refractivity contribution >= 4 is 29.1 Å². The molecule has 1 saturated heterocycles. The Morgan fingerprint density at radius 1 is 0.881 bits per heavy atom. The fourth-order valence-corrected chi connectivity index (χ4v) is 4.97. The van der Waals surface area contributed by atoms with Crippen LogP contribution in [0.3, 0.4) is 0 Å². The Bertz CT molecular complexity index is 1680. The first-order valence-corrected chi connectivity index (χ1v) is 13.3. The summed E-state index contributed by atoms with van der Waals surface area (Å²) in [7, 11) is 1.30. The second kappa shape index (κ2) is 12.0. The molecule has 1 heterocycles. The van der Waals surface area contributed by atoms with Crippen LogP contribution in [0, 0.1) is 6.92 Å². The number of methoxy groups -OCH3 is 1. The second-order valence-corrected chi connectivity index (χ2v) is 9.94. The lowest BCUT2D eigenvalue weighted by atomic mass is 9.94. The smallest absolute Gasteiger partial charge is 0.309 e. The average Bonchev–Trinajstić information content (AvgIpc) is 3.26. The Balaban J connectivity index is 1.53. The number of phenolic OH excluding ortho intramolecular Hbond substituents is 1. The van der Waals surface area contributed by atoms with Crippen molar-refractivity contribution in [1.82, 2.24) is 0 Å². The van der Waals surface area contributed by atoms with E-state index in [1.165, 1.54) is 24.1 Å². The number of nitrogens with zero attached hydrogens (tertiary/aromatic N) is 1. The summed E-state index contributed by atoms with van der Waals surface area (Å²) < 4.78 is 10.7. The molecule has 4 aromatic carbocycles. The molecule has 0 aliphatic carbocycles. The minimum Gasteiger partial charge on any atom is -0.508 e. The molecular formula is C34H29NO7. The number of ether oxygens (including phenoxy) is 2. The molecule has 1 aliphatic heterocycles. The van der Waals surface area contributed by atoms with Gasteiger partial charge in [-0.1, -0.05) is 54.6 Å². The summed E-state index contributed by atoms with van der Waals surface area (Å²) in [6, 6.07) is 26.6. The molecule has 212 valence electrons. The molecule has 1 amide bonds. The molecule has 0 aromatic heterocycles. The topological polar surface area (TPSA) is 113 Å². The van der Waals surface area contributed by atoms with Crippen LogP contribution in [0.4, 0.5) is 5.69 Å². The third-order valence-corrected chi connectivity index (χ3v) is 7.11. The summed E-state index contributed by atoms with van der Waals surface area (Å²) in [5, 5.41) is 21.7. The maximum Gasteiger partial charge on any atom is 0.309 e. The van der Waals surface area contributed by atoms with Gasteiger partial charge in [0.05, 0.1) is 25.1 Å². The van der Waals surface area contributed by atoms with Crippen LogP contribution in [0.1, 0.15) is 33.9 Å². The third kappa shape index (κ3) is 5.74. The van der Waals surface area contributed by atoms with Gasteiger partial charge in [-0.15, -0.1) is 0 Å². The van der Waals surface area contributed by atoms with Crippen molar-refractivity contribution in [2.45, 2.75) is 26.0 Å². The number of ketones is 1. The van der Waals surface area contributed by atoms with Gasteiger partial charge in [0.15, 0.2) is 0 Å². The third-order valence-electron chi connectivity index (χ3n) is 7.11. The van der Waals surface area contributed by atoms with Gasteiger partial charge in [0.2, 0.25) is 0 Å². The van der Waals surface area contributed by atoms with E-state index in [2.05, 4.69) is 0 Å². The Hall–Kier alpha value is -5.37. The average molecular weight is 564 g/mol. The number of hydrogen-bond acceptors (Lipinski definition) is 7. The maximum absolute atomic E-state index is 13.5. The van der Waals surface area contributed by atoms with Crippen LogP contribution in [0.5, 0.6) is 11.5 Å². The van der Waals surface area contributed by atoms with Gasteiger partial charge in [-0.2, -0.15) is 0 Å². The van der Waals surface area contributed by atoms with Crippen LogP contribution < -0.4 is 9.64 Å². The summed E-state index contributed by atoms with van der Waals surface area (Å²) >= 11 is 0. The number of amides is 1. The number of aromatic hydroxyl groups is 1. The number of rotatable bonds is 8. The summed E-state index contributed by atoms with van der Waals surface area (Å²) in [5.74, 6) is -1.87. The van der Waals surface area contributed by atoms with Crippen LogP contribution in [-0.2, 0) is 32.1 Å². The largest absolute Gasteiger partial charge is 0.508 e. The van der Waals surface area contributed by atoms with Crippen molar-refractivity contribution in [3.63, 3.8) is 0 Å². The van der Waals surface area contributed by atoms with E-state index in [-0.39, 0.29) is 23.5 Å². The van der Waals surface area contributed by atoms with E-state index in [0.717, 1.165) is 11.1 Å². The van der Waals surface area contributed by atoms with Crippen molar-refractivity contribution < 1.29 is 34.1 Å². The molecular weight excluding hydrogens is 534 g/mol. The van der Waals surface area contributed by atoms with Crippen molar-refractivity contribution in [3.05, 3.63) is 130 Å². The number of carbonyl (C=O) groups is 3.